The molecule has 0 aliphatic carbocycles. The molecule has 1 heteroatoms. The summed E-state index contributed by atoms with van der Waals surface area (Å²) in [7, 11) is 0. The van der Waals surface area contributed by atoms with Gasteiger partial charge in [0.25, 0.3) is 0 Å². The van der Waals surface area contributed by atoms with Crippen LogP contribution in [-0.2, 0) is 4.74 Å². The fraction of sp³-hybridized carbons (Fsp3) is 0.250. The second-order valence-electron chi connectivity index (χ2n) is 3.73. The van der Waals surface area contributed by atoms with Crippen molar-refractivity contribution in [3.8, 4) is 0 Å². The summed E-state index contributed by atoms with van der Waals surface area (Å²) < 4.78 is 5.45. The molecule has 0 bridgehead atoms. The number of ether oxygens (including phenoxy) is 1. The number of hydrogen-bond acceptors (Lipinski definition) is 1. The molecule has 1 aromatic rings. The van der Waals surface area contributed by atoms with E-state index in [0.29, 0.717) is 13.2 Å². The number of hydrogen-bond donors (Lipinski definition) is 0. The fourth-order valence-corrected chi connectivity index (χ4v) is 1.57. The Morgan fingerprint density at radius 1 is 1.24 bits per heavy atom. The summed E-state index contributed by atoms with van der Waals surface area (Å²) in [5.74, 6) is 0. The molecule has 0 spiro atoms. The Morgan fingerprint density at radius 3 is 2.53 bits per heavy atom. The summed E-state index contributed by atoms with van der Waals surface area (Å²) in [6.45, 7) is 8.93. The van der Waals surface area contributed by atoms with Gasteiger partial charge in [0, 0.05) is 0 Å². The second-order valence-corrected chi connectivity index (χ2v) is 3.73. The average molecular weight is 228 g/mol. The van der Waals surface area contributed by atoms with Crippen LogP contribution in [0.4, 0.5) is 0 Å². The third-order valence-corrected chi connectivity index (χ3v) is 2.52. The van der Waals surface area contributed by atoms with E-state index in [4.69, 9.17) is 4.74 Å². The molecule has 90 valence electrons. The summed E-state index contributed by atoms with van der Waals surface area (Å²) in [5.41, 5.74) is 1.18. The van der Waals surface area contributed by atoms with Gasteiger partial charge in [0.15, 0.2) is 0 Å². The van der Waals surface area contributed by atoms with Gasteiger partial charge in [-0.3, -0.25) is 0 Å². The van der Waals surface area contributed by atoms with Gasteiger partial charge in [-0.15, -0.1) is 6.58 Å². The smallest absolute Gasteiger partial charge is 0.0718 e. The van der Waals surface area contributed by atoms with Gasteiger partial charge in [-0.05, 0) is 35.9 Å². The van der Waals surface area contributed by atoms with Crippen LogP contribution in [0.1, 0.15) is 13.8 Å². The van der Waals surface area contributed by atoms with Crippen molar-refractivity contribution >= 4 is 12.2 Å². The predicted octanol–water partition coefficient (Wildman–Crippen LogP) is 2.42. The molecular weight excluding hydrogens is 208 g/mol. The molecule has 17 heavy (non-hydrogen) atoms. The number of rotatable bonds is 5. The Kier molecular flexibility index (Phi) is 6.05. The summed E-state index contributed by atoms with van der Waals surface area (Å²) in [4.78, 5) is 0. The Labute approximate surface area is 103 Å². The van der Waals surface area contributed by atoms with E-state index in [1.807, 2.05) is 6.92 Å². The Bertz CT molecular complexity index is 495. The van der Waals surface area contributed by atoms with Crippen molar-refractivity contribution in [1.29, 1.82) is 0 Å². The van der Waals surface area contributed by atoms with E-state index in [2.05, 4.69) is 56.0 Å². The van der Waals surface area contributed by atoms with Crippen LogP contribution in [0.2, 0.25) is 0 Å². The maximum Gasteiger partial charge on any atom is 0.0718 e. The highest BCUT2D eigenvalue weighted by molar-refractivity contribution is 5.47. The van der Waals surface area contributed by atoms with Crippen molar-refractivity contribution in [3.63, 3.8) is 0 Å². The maximum absolute atomic E-state index is 5.45. The zero-order chi connectivity index (χ0) is 12.5. The van der Waals surface area contributed by atoms with E-state index < -0.39 is 0 Å². The van der Waals surface area contributed by atoms with Gasteiger partial charge in [0.2, 0.25) is 0 Å². The molecule has 0 N–H and O–H groups in total. The summed E-state index contributed by atoms with van der Waals surface area (Å²) in [6, 6.07) is 8.34. The van der Waals surface area contributed by atoms with Crippen LogP contribution in [0.3, 0.4) is 0 Å². The largest absolute Gasteiger partial charge is 0.373 e. The highest BCUT2D eigenvalue weighted by Crippen LogP contribution is 1.97. The van der Waals surface area contributed by atoms with E-state index in [-0.39, 0.29) is 0 Å². The lowest BCUT2D eigenvalue weighted by Gasteiger charge is -2.02. The van der Waals surface area contributed by atoms with E-state index in [0.717, 1.165) is 0 Å². The van der Waals surface area contributed by atoms with Gasteiger partial charge in [-0.1, -0.05) is 42.5 Å². The van der Waals surface area contributed by atoms with Gasteiger partial charge in [-0.2, -0.15) is 0 Å². The van der Waals surface area contributed by atoms with E-state index in [9.17, 15) is 0 Å². The second kappa shape index (κ2) is 7.64. The molecule has 0 heterocycles. The lowest BCUT2D eigenvalue weighted by atomic mass is 10.1. The molecule has 1 rings (SSSR count). The molecule has 0 fully saturated rings. The van der Waals surface area contributed by atoms with Crippen molar-refractivity contribution in [3.05, 3.63) is 59.0 Å². The highest BCUT2D eigenvalue weighted by atomic mass is 16.5. The average Bonchev–Trinajstić information content (AvgIpc) is 2.38. The molecular formula is C16H20O. The first-order chi connectivity index (χ1) is 8.31. The van der Waals surface area contributed by atoms with Gasteiger partial charge in [0.1, 0.15) is 0 Å². The Balaban J connectivity index is 2.96. The van der Waals surface area contributed by atoms with Crippen molar-refractivity contribution in [2.75, 3.05) is 13.2 Å². The molecule has 0 atom stereocenters. The fourth-order valence-electron chi connectivity index (χ4n) is 1.57. The van der Waals surface area contributed by atoms with Crippen LogP contribution >= 0.6 is 0 Å². The molecule has 0 saturated heterocycles. The lowest BCUT2D eigenvalue weighted by molar-refractivity contribution is 0.190. The first kappa shape index (κ1) is 13.5. The standard InChI is InChI=1S/C16H20O/c1-4-11-17-13-14(5-2)12-16-10-8-7-9-15(16)6-3/h4-10,12H,1,11,13H2,2-3H3/b14-5+,15-6-,16-12-. The number of allylic oxidation sites excluding steroid dienone is 1. The van der Waals surface area contributed by atoms with E-state index in [1.165, 1.54) is 16.0 Å². The first-order valence-corrected chi connectivity index (χ1v) is 5.88. The van der Waals surface area contributed by atoms with Crippen LogP contribution in [0.15, 0.2) is 48.6 Å². The van der Waals surface area contributed by atoms with Crippen molar-refractivity contribution in [2.24, 2.45) is 0 Å². The summed E-state index contributed by atoms with van der Waals surface area (Å²) >= 11 is 0. The zero-order valence-corrected chi connectivity index (χ0v) is 10.6. The molecule has 1 nitrogen and oxygen atoms in total. The number of benzene rings is 1. The van der Waals surface area contributed by atoms with Gasteiger partial charge >= 0.3 is 0 Å². The highest BCUT2D eigenvalue weighted by Gasteiger charge is 1.92. The van der Waals surface area contributed by atoms with Crippen LogP contribution in [-0.4, -0.2) is 13.2 Å². The third kappa shape index (κ3) is 4.41. The first-order valence-electron chi connectivity index (χ1n) is 5.88. The van der Waals surface area contributed by atoms with E-state index >= 15 is 0 Å². The van der Waals surface area contributed by atoms with Crippen LogP contribution < -0.4 is 10.4 Å². The lowest BCUT2D eigenvalue weighted by Crippen LogP contribution is -2.23. The van der Waals surface area contributed by atoms with Crippen molar-refractivity contribution < 1.29 is 4.74 Å². The summed E-state index contributed by atoms with van der Waals surface area (Å²) in [5, 5.41) is 2.47. The summed E-state index contributed by atoms with van der Waals surface area (Å²) in [6.07, 6.45) is 8.12. The van der Waals surface area contributed by atoms with Gasteiger partial charge in [-0.25, -0.2) is 0 Å². The van der Waals surface area contributed by atoms with Gasteiger partial charge < -0.3 is 4.74 Å². The Hall–Kier alpha value is -1.60. The molecule has 0 radical (unpaired) electrons. The van der Waals surface area contributed by atoms with Crippen LogP contribution in [0.25, 0.3) is 12.2 Å². The Morgan fingerprint density at radius 2 is 1.94 bits per heavy atom. The van der Waals surface area contributed by atoms with E-state index in [1.54, 1.807) is 6.08 Å². The van der Waals surface area contributed by atoms with Crippen LogP contribution in [0, 0.1) is 0 Å². The normalized spacial score (nSPS) is 14.1. The minimum atomic E-state index is 0.590. The maximum atomic E-state index is 5.45. The molecule has 0 aliphatic heterocycles. The molecule has 1 aromatic carbocycles. The van der Waals surface area contributed by atoms with Crippen molar-refractivity contribution in [2.45, 2.75) is 13.8 Å². The van der Waals surface area contributed by atoms with Gasteiger partial charge in [0.05, 0.1) is 13.2 Å². The quantitative estimate of drug-likeness (QED) is 0.555. The predicted molar refractivity (Wildman–Crippen MR) is 75.1 cm³/mol. The minimum Gasteiger partial charge on any atom is -0.373 e. The minimum absolute atomic E-state index is 0.590. The third-order valence-electron chi connectivity index (χ3n) is 2.52. The van der Waals surface area contributed by atoms with Crippen LogP contribution in [0.5, 0.6) is 0 Å². The molecule has 0 aliphatic rings. The molecule has 0 unspecified atom stereocenters. The zero-order valence-electron chi connectivity index (χ0n) is 10.6. The van der Waals surface area contributed by atoms with Crippen molar-refractivity contribution in [1.82, 2.24) is 0 Å². The molecule has 0 aromatic heterocycles. The SMILES string of the molecule is C=CCOCC(/C=c1/cccc/c1=C/C)=C/C. The topological polar surface area (TPSA) is 9.23 Å². The molecule has 0 saturated carbocycles. The monoisotopic (exact) mass is 228 g/mol. The molecule has 0 amide bonds.